The molecule has 2 bridgehead atoms. The van der Waals surface area contributed by atoms with Crippen molar-refractivity contribution in [2.75, 3.05) is 6.61 Å². The van der Waals surface area contributed by atoms with E-state index in [1.54, 1.807) is 0 Å². The first-order chi connectivity index (χ1) is 6.66. The topological polar surface area (TPSA) is 38.7 Å². The molecule has 0 aromatic carbocycles. The first kappa shape index (κ1) is 9.65. The van der Waals surface area contributed by atoms with E-state index in [-0.39, 0.29) is 6.10 Å². The Hall–Kier alpha value is -0.900. The summed E-state index contributed by atoms with van der Waals surface area (Å²) in [5.41, 5.74) is 1.81. The van der Waals surface area contributed by atoms with Crippen LogP contribution in [0.25, 0.3) is 0 Å². The lowest BCUT2D eigenvalue weighted by molar-refractivity contribution is -0.118. The van der Waals surface area contributed by atoms with Gasteiger partial charge in [-0.05, 0) is 18.6 Å². The van der Waals surface area contributed by atoms with Crippen LogP contribution in [0.4, 0.5) is 0 Å². The summed E-state index contributed by atoms with van der Waals surface area (Å²) in [5.74, 6) is 0. The molecular weight excluding hydrogens is 180 g/mol. The summed E-state index contributed by atoms with van der Waals surface area (Å²) in [7, 11) is 0. The lowest BCUT2D eigenvalue weighted by Gasteiger charge is -2.22. The first-order valence-electron chi connectivity index (χ1n) is 4.67. The van der Waals surface area contributed by atoms with Crippen LogP contribution in [0.5, 0.6) is 0 Å². The van der Waals surface area contributed by atoms with E-state index in [1.807, 2.05) is 25.2 Å². The molecule has 3 heteroatoms. The summed E-state index contributed by atoms with van der Waals surface area (Å²) in [6, 6.07) is 0. The molecule has 0 saturated carbocycles. The van der Waals surface area contributed by atoms with Crippen LogP contribution in [0.3, 0.4) is 0 Å². The van der Waals surface area contributed by atoms with Crippen molar-refractivity contribution < 1.29 is 14.6 Å². The zero-order valence-corrected chi connectivity index (χ0v) is 8.14. The molecule has 3 nitrogen and oxygen atoms in total. The molecule has 0 spiro atoms. The summed E-state index contributed by atoms with van der Waals surface area (Å²) >= 11 is 0. The second kappa shape index (κ2) is 3.69. The molecule has 0 aliphatic carbocycles. The minimum Gasteiger partial charge on any atom is -0.383 e. The van der Waals surface area contributed by atoms with Crippen LogP contribution < -0.4 is 0 Å². The average molecular weight is 194 g/mol. The minimum absolute atomic E-state index is 0.00632. The third-order valence-corrected chi connectivity index (χ3v) is 2.27. The maximum absolute atomic E-state index is 9.77. The fourth-order valence-electron chi connectivity index (χ4n) is 1.56. The average Bonchev–Trinajstić information content (AvgIpc) is 2.53. The molecule has 2 rings (SSSR count). The fourth-order valence-corrected chi connectivity index (χ4v) is 1.56. The maximum Gasteiger partial charge on any atom is 0.188 e. The van der Waals surface area contributed by atoms with Crippen molar-refractivity contribution in [3.05, 3.63) is 36.0 Å². The first-order valence-corrected chi connectivity index (χ1v) is 4.67. The number of aliphatic hydroxyl groups excluding tert-OH is 1. The molecule has 76 valence electrons. The van der Waals surface area contributed by atoms with Gasteiger partial charge >= 0.3 is 0 Å². The zero-order valence-electron chi connectivity index (χ0n) is 8.14. The van der Waals surface area contributed by atoms with Gasteiger partial charge in [0.15, 0.2) is 6.29 Å². The Morgan fingerprint density at radius 2 is 2.50 bits per heavy atom. The van der Waals surface area contributed by atoms with E-state index in [2.05, 4.69) is 6.58 Å². The smallest absolute Gasteiger partial charge is 0.188 e. The van der Waals surface area contributed by atoms with Gasteiger partial charge in [-0.25, -0.2) is 0 Å². The maximum atomic E-state index is 9.77. The molecule has 0 amide bonds. The molecule has 1 saturated heterocycles. The highest BCUT2D eigenvalue weighted by Gasteiger charge is 2.36. The molecular formula is C11H14O3. The highest BCUT2D eigenvalue weighted by Crippen LogP contribution is 2.27. The normalized spacial score (nSPS) is 36.1. The van der Waals surface area contributed by atoms with Gasteiger partial charge in [0.05, 0.1) is 6.61 Å². The Kier molecular flexibility index (Phi) is 2.54. The second-order valence-corrected chi connectivity index (χ2v) is 3.67. The molecule has 3 atom stereocenters. The van der Waals surface area contributed by atoms with Gasteiger partial charge in [-0.2, -0.15) is 0 Å². The Bertz CT molecular complexity index is 304. The van der Waals surface area contributed by atoms with E-state index in [0.29, 0.717) is 6.61 Å². The molecule has 0 unspecified atom stereocenters. The van der Waals surface area contributed by atoms with Gasteiger partial charge in [-0.3, -0.25) is 0 Å². The Morgan fingerprint density at radius 1 is 1.71 bits per heavy atom. The van der Waals surface area contributed by atoms with Crippen LogP contribution in [-0.4, -0.2) is 30.2 Å². The molecule has 14 heavy (non-hydrogen) atoms. The Morgan fingerprint density at radius 3 is 3.21 bits per heavy atom. The Labute approximate surface area is 83.3 Å². The fraction of sp³-hybridized carbons (Fsp3) is 0.455. The zero-order chi connectivity index (χ0) is 10.1. The third-order valence-electron chi connectivity index (χ3n) is 2.27. The molecule has 0 aromatic heterocycles. The van der Waals surface area contributed by atoms with Crippen LogP contribution in [0.15, 0.2) is 36.0 Å². The van der Waals surface area contributed by atoms with E-state index < -0.39 is 12.4 Å². The van der Waals surface area contributed by atoms with E-state index in [9.17, 15) is 5.11 Å². The SMILES string of the molecule is C=C(C)/C=C/C1=C[C@H]2CO[C@H](O2)[C@H]1O. The lowest BCUT2D eigenvalue weighted by atomic mass is 10.0. The number of rotatable bonds is 2. The van der Waals surface area contributed by atoms with Gasteiger partial charge < -0.3 is 14.6 Å². The number of hydrogen-bond donors (Lipinski definition) is 1. The van der Waals surface area contributed by atoms with Crippen LogP contribution in [-0.2, 0) is 9.47 Å². The quantitative estimate of drug-likeness (QED) is 0.670. The summed E-state index contributed by atoms with van der Waals surface area (Å²) in [6.45, 7) is 6.20. The Balaban J connectivity index is 2.15. The second-order valence-electron chi connectivity index (χ2n) is 3.67. The minimum atomic E-state index is -0.677. The van der Waals surface area contributed by atoms with Crippen LogP contribution in [0.2, 0.25) is 0 Å². The van der Waals surface area contributed by atoms with Crippen LogP contribution in [0.1, 0.15) is 6.92 Å². The highest BCUT2D eigenvalue weighted by molar-refractivity contribution is 5.31. The molecule has 0 aromatic rings. The molecule has 2 aliphatic heterocycles. The van der Waals surface area contributed by atoms with Crippen molar-refractivity contribution in [3.63, 3.8) is 0 Å². The molecule has 1 fully saturated rings. The summed E-state index contributed by atoms with van der Waals surface area (Å²) in [4.78, 5) is 0. The molecule has 2 heterocycles. The summed E-state index contributed by atoms with van der Waals surface area (Å²) in [5, 5.41) is 9.77. The highest BCUT2D eigenvalue weighted by atomic mass is 16.7. The summed E-state index contributed by atoms with van der Waals surface area (Å²) < 4.78 is 10.6. The van der Waals surface area contributed by atoms with Crippen molar-refractivity contribution in [3.8, 4) is 0 Å². The number of fused-ring (bicyclic) bond motifs is 2. The van der Waals surface area contributed by atoms with Gasteiger partial charge in [-0.15, -0.1) is 0 Å². The number of allylic oxidation sites excluding steroid dienone is 2. The van der Waals surface area contributed by atoms with E-state index in [1.165, 1.54) is 0 Å². The van der Waals surface area contributed by atoms with Gasteiger partial charge in [0.2, 0.25) is 0 Å². The molecule has 0 radical (unpaired) electrons. The number of ether oxygens (including phenoxy) is 2. The van der Waals surface area contributed by atoms with Gasteiger partial charge in [0.25, 0.3) is 0 Å². The van der Waals surface area contributed by atoms with Gasteiger partial charge in [0.1, 0.15) is 12.2 Å². The van der Waals surface area contributed by atoms with Crippen LogP contribution >= 0.6 is 0 Å². The van der Waals surface area contributed by atoms with Gasteiger partial charge in [-0.1, -0.05) is 24.3 Å². The largest absolute Gasteiger partial charge is 0.383 e. The van der Waals surface area contributed by atoms with Crippen molar-refractivity contribution in [2.45, 2.75) is 25.4 Å². The van der Waals surface area contributed by atoms with E-state index >= 15 is 0 Å². The standard InChI is InChI=1S/C11H14O3/c1-7(2)3-4-8-5-9-6-13-11(14-9)10(8)12/h3-5,9-12H,1,6H2,2H3/b4-3+/t9-,10-,11+/m0/s1. The number of hydrogen-bond acceptors (Lipinski definition) is 3. The molecule has 2 aliphatic rings. The summed E-state index contributed by atoms with van der Waals surface area (Å²) in [6.07, 6.45) is 4.46. The van der Waals surface area contributed by atoms with Crippen molar-refractivity contribution in [1.82, 2.24) is 0 Å². The van der Waals surface area contributed by atoms with Crippen molar-refractivity contribution in [2.24, 2.45) is 0 Å². The van der Waals surface area contributed by atoms with E-state index in [4.69, 9.17) is 9.47 Å². The van der Waals surface area contributed by atoms with Crippen molar-refractivity contribution in [1.29, 1.82) is 0 Å². The lowest BCUT2D eigenvalue weighted by Crippen LogP contribution is -2.32. The predicted octanol–water partition coefficient (Wildman–Crippen LogP) is 1.16. The molecule has 1 N–H and O–H groups in total. The van der Waals surface area contributed by atoms with E-state index in [0.717, 1.165) is 11.1 Å². The van der Waals surface area contributed by atoms with Gasteiger partial charge in [0, 0.05) is 0 Å². The van der Waals surface area contributed by atoms with Crippen molar-refractivity contribution >= 4 is 0 Å². The number of aliphatic hydroxyl groups is 1. The monoisotopic (exact) mass is 194 g/mol. The third kappa shape index (κ3) is 1.80. The van der Waals surface area contributed by atoms with Crippen LogP contribution in [0, 0.1) is 0 Å². The predicted molar refractivity (Wildman–Crippen MR) is 52.7 cm³/mol.